The van der Waals surface area contributed by atoms with Crippen molar-refractivity contribution in [3.8, 4) is 11.3 Å². The van der Waals surface area contributed by atoms with E-state index in [2.05, 4.69) is 0 Å². The Morgan fingerprint density at radius 2 is 1.72 bits per heavy atom. The monoisotopic (exact) mass is 241 g/mol. The van der Waals surface area contributed by atoms with E-state index in [9.17, 15) is 4.39 Å². The van der Waals surface area contributed by atoms with Gasteiger partial charge in [-0.15, -0.1) is 0 Å². The maximum absolute atomic E-state index is 13.7. The van der Waals surface area contributed by atoms with Crippen molar-refractivity contribution in [1.29, 1.82) is 0 Å². The van der Waals surface area contributed by atoms with Gasteiger partial charge in [0.05, 0.1) is 6.54 Å². The number of nitrogens with two attached hydrogens (primary N) is 1. The second kappa shape index (κ2) is 4.27. The Hall–Kier alpha value is -2.13. The Bertz CT molecular complexity index is 703. The molecule has 3 aromatic rings. The van der Waals surface area contributed by atoms with E-state index < -0.39 is 0 Å². The molecule has 0 aliphatic carbocycles. The van der Waals surface area contributed by atoms with Gasteiger partial charge in [-0.05, 0) is 29.7 Å². The van der Waals surface area contributed by atoms with Crippen molar-refractivity contribution in [2.24, 2.45) is 5.73 Å². The van der Waals surface area contributed by atoms with Crippen LogP contribution in [0, 0.1) is 5.82 Å². The first-order valence-electron chi connectivity index (χ1n) is 5.76. The first-order valence-corrected chi connectivity index (χ1v) is 5.76. The number of benzene rings is 2. The van der Waals surface area contributed by atoms with Gasteiger partial charge >= 0.3 is 0 Å². The summed E-state index contributed by atoms with van der Waals surface area (Å²) in [5.41, 5.74) is 6.41. The maximum Gasteiger partial charge on any atom is 0.134 e. The average Bonchev–Trinajstić information content (AvgIpc) is 2.88. The van der Waals surface area contributed by atoms with E-state index in [-0.39, 0.29) is 5.82 Å². The molecule has 0 radical (unpaired) electrons. The number of hydrogen-bond donors (Lipinski definition) is 1. The fourth-order valence-electron chi connectivity index (χ4n) is 2.11. The van der Waals surface area contributed by atoms with Crippen molar-refractivity contribution in [3.05, 3.63) is 60.1 Å². The van der Waals surface area contributed by atoms with Gasteiger partial charge in [0.2, 0.25) is 0 Å². The molecule has 0 aliphatic rings. The first-order chi connectivity index (χ1) is 8.79. The molecule has 90 valence electrons. The molecular weight excluding hydrogens is 229 g/mol. The largest absolute Gasteiger partial charge is 0.460 e. The number of rotatable bonds is 2. The Morgan fingerprint density at radius 3 is 2.44 bits per heavy atom. The highest BCUT2D eigenvalue weighted by atomic mass is 19.1. The highest BCUT2D eigenvalue weighted by molar-refractivity contribution is 5.95. The topological polar surface area (TPSA) is 39.2 Å². The molecule has 0 spiro atoms. The van der Waals surface area contributed by atoms with Gasteiger partial charge in [0, 0.05) is 10.9 Å². The van der Waals surface area contributed by atoms with Gasteiger partial charge < -0.3 is 10.2 Å². The Kier molecular flexibility index (Phi) is 2.61. The van der Waals surface area contributed by atoms with E-state index in [0.29, 0.717) is 17.7 Å². The molecule has 0 bridgehead atoms. The van der Waals surface area contributed by atoms with Gasteiger partial charge in [-0.25, -0.2) is 4.39 Å². The number of furan rings is 1. The third-order valence-electron chi connectivity index (χ3n) is 3.00. The normalized spacial score (nSPS) is 11.0. The minimum absolute atomic E-state index is 0.222. The molecule has 18 heavy (non-hydrogen) atoms. The van der Waals surface area contributed by atoms with Crippen LogP contribution in [0.4, 0.5) is 4.39 Å². The van der Waals surface area contributed by atoms with Crippen LogP contribution in [0.25, 0.3) is 22.1 Å². The van der Waals surface area contributed by atoms with Gasteiger partial charge in [-0.1, -0.05) is 24.3 Å². The van der Waals surface area contributed by atoms with Crippen LogP contribution in [-0.4, -0.2) is 0 Å². The lowest BCUT2D eigenvalue weighted by atomic mass is 10.0. The Balaban J connectivity index is 2.26. The van der Waals surface area contributed by atoms with Crippen LogP contribution < -0.4 is 5.73 Å². The van der Waals surface area contributed by atoms with Crippen molar-refractivity contribution < 1.29 is 8.81 Å². The van der Waals surface area contributed by atoms with Gasteiger partial charge in [-0.2, -0.15) is 0 Å². The Morgan fingerprint density at radius 1 is 0.944 bits per heavy atom. The van der Waals surface area contributed by atoms with E-state index in [0.717, 1.165) is 16.7 Å². The zero-order valence-electron chi connectivity index (χ0n) is 9.69. The summed E-state index contributed by atoms with van der Waals surface area (Å²) in [7, 11) is 0. The van der Waals surface area contributed by atoms with Gasteiger partial charge in [0.15, 0.2) is 0 Å². The minimum atomic E-state index is -0.222. The van der Waals surface area contributed by atoms with Crippen molar-refractivity contribution in [1.82, 2.24) is 0 Å². The summed E-state index contributed by atoms with van der Waals surface area (Å²) in [6, 6.07) is 14.3. The van der Waals surface area contributed by atoms with Crippen molar-refractivity contribution in [2.45, 2.75) is 6.54 Å². The summed E-state index contributed by atoms with van der Waals surface area (Å²) < 4.78 is 19.3. The highest BCUT2D eigenvalue weighted by Gasteiger charge is 2.10. The Labute approximate surface area is 104 Å². The summed E-state index contributed by atoms with van der Waals surface area (Å²) in [6.07, 6.45) is 0. The standard InChI is InChI=1S/C15H12FNO/c16-14-7-6-13(11-3-1-2-4-12(11)14)15-8-5-10(9-17)18-15/h1-8H,9,17H2. The van der Waals surface area contributed by atoms with E-state index >= 15 is 0 Å². The molecule has 1 heterocycles. The van der Waals surface area contributed by atoms with E-state index in [4.69, 9.17) is 10.2 Å². The van der Waals surface area contributed by atoms with Crippen LogP contribution in [-0.2, 0) is 6.54 Å². The molecule has 0 amide bonds. The third-order valence-corrected chi connectivity index (χ3v) is 3.00. The maximum atomic E-state index is 13.7. The van der Waals surface area contributed by atoms with Crippen molar-refractivity contribution >= 4 is 10.8 Å². The summed E-state index contributed by atoms with van der Waals surface area (Å²) in [6.45, 7) is 0.360. The predicted molar refractivity (Wildman–Crippen MR) is 69.5 cm³/mol. The summed E-state index contributed by atoms with van der Waals surface area (Å²) in [4.78, 5) is 0. The first kappa shape index (κ1) is 11.0. The van der Waals surface area contributed by atoms with Gasteiger partial charge in [0.1, 0.15) is 17.3 Å². The predicted octanol–water partition coefficient (Wildman–Crippen LogP) is 3.70. The van der Waals surface area contributed by atoms with E-state index in [1.807, 2.05) is 30.3 Å². The molecule has 2 nitrogen and oxygen atoms in total. The fourth-order valence-corrected chi connectivity index (χ4v) is 2.11. The molecule has 0 atom stereocenters. The number of fused-ring (bicyclic) bond motifs is 1. The SMILES string of the molecule is NCc1ccc(-c2ccc(F)c3ccccc23)o1. The van der Waals surface area contributed by atoms with E-state index in [1.165, 1.54) is 6.07 Å². The van der Waals surface area contributed by atoms with Crippen LogP contribution >= 0.6 is 0 Å². The molecule has 0 saturated heterocycles. The summed E-state index contributed by atoms with van der Waals surface area (Å²) in [5.74, 6) is 1.21. The van der Waals surface area contributed by atoms with Crippen LogP contribution in [0.5, 0.6) is 0 Å². The molecule has 3 rings (SSSR count). The molecule has 0 aliphatic heterocycles. The quantitative estimate of drug-likeness (QED) is 0.743. The average molecular weight is 241 g/mol. The van der Waals surface area contributed by atoms with Crippen molar-refractivity contribution in [2.75, 3.05) is 0 Å². The molecular formula is C15H12FNO. The number of hydrogen-bond acceptors (Lipinski definition) is 2. The molecule has 2 N–H and O–H groups in total. The second-order valence-electron chi connectivity index (χ2n) is 4.11. The molecule has 0 fully saturated rings. The molecule has 0 saturated carbocycles. The van der Waals surface area contributed by atoms with Crippen LogP contribution in [0.1, 0.15) is 5.76 Å². The summed E-state index contributed by atoms with van der Waals surface area (Å²) >= 11 is 0. The van der Waals surface area contributed by atoms with E-state index in [1.54, 1.807) is 12.1 Å². The van der Waals surface area contributed by atoms with Crippen LogP contribution in [0.3, 0.4) is 0 Å². The lowest BCUT2D eigenvalue weighted by Gasteiger charge is -2.05. The van der Waals surface area contributed by atoms with Crippen molar-refractivity contribution in [3.63, 3.8) is 0 Å². The third kappa shape index (κ3) is 1.69. The zero-order valence-corrected chi connectivity index (χ0v) is 9.69. The van der Waals surface area contributed by atoms with Crippen LogP contribution in [0.2, 0.25) is 0 Å². The molecule has 2 aromatic carbocycles. The van der Waals surface area contributed by atoms with Gasteiger partial charge in [-0.3, -0.25) is 0 Å². The number of halogens is 1. The highest BCUT2D eigenvalue weighted by Crippen LogP contribution is 2.31. The second-order valence-corrected chi connectivity index (χ2v) is 4.11. The smallest absolute Gasteiger partial charge is 0.134 e. The van der Waals surface area contributed by atoms with Gasteiger partial charge in [0.25, 0.3) is 0 Å². The molecule has 0 unspecified atom stereocenters. The molecule has 1 aromatic heterocycles. The molecule has 3 heteroatoms. The summed E-state index contributed by atoms with van der Waals surface area (Å²) in [5, 5.41) is 1.44. The zero-order chi connectivity index (χ0) is 12.5. The fraction of sp³-hybridized carbons (Fsp3) is 0.0667. The lowest BCUT2D eigenvalue weighted by Crippen LogP contribution is -1.92. The lowest BCUT2D eigenvalue weighted by molar-refractivity contribution is 0.526. The van der Waals surface area contributed by atoms with Crippen LogP contribution in [0.15, 0.2) is 52.9 Å². The minimum Gasteiger partial charge on any atom is -0.460 e.